The van der Waals surface area contributed by atoms with E-state index in [1.165, 1.54) is 0 Å². The van der Waals surface area contributed by atoms with E-state index in [9.17, 15) is 4.79 Å². The van der Waals surface area contributed by atoms with Crippen molar-refractivity contribution in [1.82, 2.24) is 15.2 Å². The van der Waals surface area contributed by atoms with E-state index in [0.29, 0.717) is 23.5 Å². The number of hydrogen-bond acceptors (Lipinski definition) is 4. The number of benzene rings is 2. The highest BCUT2D eigenvalue weighted by molar-refractivity contribution is 6.26. The van der Waals surface area contributed by atoms with Gasteiger partial charge in [0.1, 0.15) is 18.1 Å². The van der Waals surface area contributed by atoms with E-state index < -0.39 is 0 Å². The summed E-state index contributed by atoms with van der Waals surface area (Å²) in [5.41, 5.74) is 4.67. The number of H-pyrrole nitrogens is 1. The molecule has 0 radical (unpaired) electrons. The Labute approximate surface area is 143 Å². The quantitative estimate of drug-likeness (QED) is 0.548. The maximum Gasteiger partial charge on any atom is 0.198 e. The summed E-state index contributed by atoms with van der Waals surface area (Å²) in [4.78, 5) is 17.2. The van der Waals surface area contributed by atoms with Crippen molar-refractivity contribution in [1.29, 1.82) is 0 Å². The van der Waals surface area contributed by atoms with Gasteiger partial charge in [-0.3, -0.25) is 14.9 Å². The Morgan fingerprint density at radius 2 is 1.88 bits per heavy atom. The summed E-state index contributed by atoms with van der Waals surface area (Å²) < 4.78 is 5.96. The third-order valence-corrected chi connectivity index (χ3v) is 4.46. The normalized spacial score (nSPS) is 12.2. The van der Waals surface area contributed by atoms with Crippen LogP contribution in [0.4, 0.5) is 0 Å². The highest BCUT2D eigenvalue weighted by atomic mass is 16.5. The van der Waals surface area contributed by atoms with Crippen LogP contribution >= 0.6 is 0 Å². The maximum absolute atomic E-state index is 13.1. The Hall–Kier alpha value is -3.47. The molecule has 2 heterocycles. The van der Waals surface area contributed by atoms with Gasteiger partial charge in [0.2, 0.25) is 0 Å². The summed E-state index contributed by atoms with van der Waals surface area (Å²) in [6, 6.07) is 15.1. The maximum atomic E-state index is 13.1. The van der Waals surface area contributed by atoms with Crippen LogP contribution in [0.25, 0.3) is 22.2 Å². The molecule has 5 nitrogen and oxygen atoms in total. The van der Waals surface area contributed by atoms with Crippen molar-refractivity contribution in [3.05, 3.63) is 77.6 Å². The average molecular weight is 327 g/mol. The Balaban J connectivity index is 1.66. The number of carbonyl (C=O) groups excluding carboxylic acids is 1. The number of ketones is 1. The van der Waals surface area contributed by atoms with Gasteiger partial charge in [0.05, 0.1) is 11.1 Å². The molecule has 4 aromatic rings. The fourth-order valence-corrected chi connectivity index (χ4v) is 3.30. The molecule has 0 saturated heterocycles. The zero-order valence-corrected chi connectivity index (χ0v) is 13.2. The molecule has 0 aliphatic heterocycles. The van der Waals surface area contributed by atoms with Crippen LogP contribution in [-0.4, -0.2) is 21.0 Å². The number of nitrogens with one attached hydrogen (secondary N) is 1. The molecule has 1 aliphatic carbocycles. The molecule has 0 bridgehead atoms. The first-order valence-corrected chi connectivity index (χ1v) is 8.00. The number of fused-ring (bicyclic) bond motifs is 2. The molecule has 2 aromatic heterocycles. The van der Waals surface area contributed by atoms with E-state index in [0.717, 1.165) is 27.7 Å². The molecule has 1 N–H and O–H groups in total. The zero-order valence-electron chi connectivity index (χ0n) is 13.2. The van der Waals surface area contributed by atoms with Crippen molar-refractivity contribution >= 4 is 16.7 Å². The van der Waals surface area contributed by atoms with Crippen LogP contribution in [0.2, 0.25) is 0 Å². The predicted octanol–water partition coefficient (Wildman–Crippen LogP) is 3.75. The topological polar surface area (TPSA) is 67.9 Å². The van der Waals surface area contributed by atoms with E-state index in [4.69, 9.17) is 4.74 Å². The molecular formula is C20H13N3O2. The third kappa shape index (κ3) is 2.06. The summed E-state index contributed by atoms with van der Waals surface area (Å²) in [5, 5.41) is 8.26. The number of aromatic nitrogens is 3. The van der Waals surface area contributed by atoms with Crippen LogP contribution in [0, 0.1) is 0 Å². The van der Waals surface area contributed by atoms with E-state index in [1.807, 2.05) is 48.5 Å². The molecule has 0 unspecified atom stereocenters. The Kier molecular flexibility index (Phi) is 2.94. The lowest BCUT2D eigenvalue weighted by molar-refractivity contribution is 0.103. The van der Waals surface area contributed by atoms with Crippen LogP contribution < -0.4 is 4.74 Å². The smallest absolute Gasteiger partial charge is 0.198 e. The molecule has 1 aliphatic rings. The van der Waals surface area contributed by atoms with E-state index in [1.54, 1.807) is 12.4 Å². The standard InChI is InChI=1S/C20H13N3O2/c24-20-14-6-2-1-5-13(14)19-17-15(22-23-19)7-8-16(18(17)20)25-11-12-4-3-9-21-10-12/h1-10H,11H2,(H,22,23). The molecule has 0 amide bonds. The Morgan fingerprint density at radius 3 is 2.72 bits per heavy atom. The number of pyridine rings is 1. The van der Waals surface area contributed by atoms with Gasteiger partial charge in [-0.2, -0.15) is 5.10 Å². The zero-order chi connectivity index (χ0) is 16.8. The van der Waals surface area contributed by atoms with Gasteiger partial charge in [-0.15, -0.1) is 0 Å². The lowest BCUT2D eigenvalue weighted by atomic mass is 9.87. The average Bonchev–Trinajstić information content (AvgIpc) is 3.10. The van der Waals surface area contributed by atoms with Gasteiger partial charge in [-0.25, -0.2) is 0 Å². The second-order valence-corrected chi connectivity index (χ2v) is 5.96. The second kappa shape index (κ2) is 5.27. The Morgan fingerprint density at radius 1 is 1.00 bits per heavy atom. The van der Waals surface area contributed by atoms with Crippen molar-refractivity contribution in [2.75, 3.05) is 0 Å². The summed E-state index contributed by atoms with van der Waals surface area (Å²) in [6.07, 6.45) is 3.47. The van der Waals surface area contributed by atoms with Crippen LogP contribution in [0.5, 0.6) is 5.75 Å². The molecular weight excluding hydrogens is 314 g/mol. The minimum atomic E-state index is -0.0312. The van der Waals surface area contributed by atoms with Gasteiger partial charge in [0.25, 0.3) is 0 Å². The van der Waals surface area contributed by atoms with Gasteiger partial charge >= 0.3 is 0 Å². The van der Waals surface area contributed by atoms with Crippen molar-refractivity contribution in [2.45, 2.75) is 6.61 Å². The second-order valence-electron chi connectivity index (χ2n) is 5.96. The predicted molar refractivity (Wildman–Crippen MR) is 93.5 cm³/mol. The fourth-order valence-electron chi connectivity index (χ4n) is 3.30. The van der Waals surface area contributed by atoms with Crippen molar-refractivity contribution in [3.8, 4) is 17.0 Å². The first-order chi connectivity index (χ1) is 12.3. The summed E-state index contributed by atoms with van der Waals surface area (Å²) in [6.45, 7) is 0.356. The van der Waals surface area contributed by atoms with Crippen LogP contribution in [0.1, 0.15) is 21.5 Å². The van der Waals surface area contributed by atoms with Crippen molar-refractivity contribution in [2.24, 2.45) is 0 Å². The molecule has 25 heavy (non-hydrogen) atoms. The number of carbonyl (C=O) groups is 1. The van der Waals surface area contributed by atoms with Gasteiger partial charge in [-0.1, -0.05) is 30.3 Å². The van der Waals surface area contributed by atoms with Crippen molar-refractivity contribution < 1.29 is 9.53 Å². The highest BCUT2D eigenvalue weighted by Gasteiger charge is 2.30. The Bertz CT molecular complexity index is 1120. The fraction of sp³-hybridized carbons (Fsp3) is 0.0500. The third-order valence-electron chi connectivity index (χ3n) is 4.46. The largest absolute Gasteiger partial charge is 0.488 e. The monoisotopic (exact) mass is 327 g/mol. The van der Waals surface area contributed by atoms with Crippen LogP contribution in [-0.2, 0) is 6.61 Å². The minimum absolute atomic E-state index is 0.0312. The van der Waals surface area contributed by atoms with Gasteiger partial charge in [-0.05, 0) is 18.2 Å². The number of ether oxygens (including phenoxy) is 1. The molecule has 0 spiro atoms. The first-order valence-electron chi connectivity index (χ1n) is 8.00. The lowest BCUT2D eigenvalue weighted by Gasteiger charge is -2.18. The number of hydrogen-bond donors (Lipinski definition) is 1. The molecule has 5 rings (SSSR count). The molecule has 0 atom stereocenters. The molecule has 0 saturated carbocycles. The number of nitrogens with zero attached hydrogens (tertiary/aromatic N) is 2. The van der Waals surface area contributed by atoms with Gasteiger partial charge in [0.15, 0.2) is 5.78 Å². The summed E-state index contributed by atoms with van der Waals surface area (Å²) >= 11 is 0. The van der Waals surface area contributed by atoms with E-state index >= 15 is 0 Å². The van der Waals surface area contributed by atoms with E-state index in [2.05, 4.69) is 15.2 Å². The number of aromatic amines is 1. The highest BCUT2D eigenvalue weighted by Crippen LogP contribution is 2.41. The molecule has 0 fully saturated rings. The minimum Gasteiger partial charge on any atom is -0.488 e. The molecule has 5 heteroatoms. The van der Waals surface area contributed by atoms with Crippen LogP contribution in [0.3, 0.4) is 0 Å². The molecule has 120 valence electrons. The summed E-state index contributed by atoms with van der Waals surface area (Å²) in [5.74, 6) is 0.537. The lowest BCUT2D eigenvalue weighted by Crippen LogP contribution is -2.11. The number of rotatable bonds is 3. The van der Waals surface area contributed by atoms with Gasteiger partial charge in [0, 0.05) is 34.5 Å². The van der Waals surface area contributed by atoms with Crippen LogP contribution in [0.15, 0.2) is 60.9 Å². The SMILES string of the molecule is O=C1c2ccccc2-c2n[nH]c3ccc(OCc4cccnc4)c1c23. The van der Waals surface area contributed by atoms with Gasteiger partial charge < -0.3 is 4.74 Å². The van der Waals surface area contributed by atoms with E-state index in [-0.39, 0.29) is 5.78 Å². The first kappa shape index (κ1) is 13.9. The molecule has 2 aromatic carbocycles. The summed E-state index contributed by atoms with van der Waals surface area (Å²) in [7, 11) is 0. The van der Waals surface area contributed by atoms with Crippen molar-refractivity contribution in [3.63, 3.8) is 0 Å².